The molecule has 144 valence electrons. The second-order valence-electron chi connectivity index (χ2n) is 6.18. The van der Waals surface area contributed by atoms with Crippen LogP contribution in [0.15, 0.2) is 71.8 Å². The summed E-state index contributed by atoms with van der Waals surface area (Å²) in [7, 11) is 0. The van der Waals surface area contributed by atoms with Gasteiger partial charge in [0, 0.05) is 24.7 Å². The van der Waals surface area contributed by atoms with E-state index in [1.54, 1.807) is 6.92 Å². The Bertz CT molecular complexity index is 988. The maximum absolute atomic E-state index is 12.9. The van der Waals surface area contributed by atoms with Crippen molar-refractivity contribution in [2.24, 2.45) is 0 Å². The predicted molar refractivity (Wildman–Crippen MR) is 103 cm³/mol. The molecular formula is C21H20FN3O3. The van der Waals surface area contributed by atoms with E-state index in [2.05, 4.69) is 10.3 Å². The van der Waals surface area contributed by atoms with E-state index in [0.717, 1.165) is 5.56 Å². The number of hydrogen-bond donors (Lipinski definition) is 1. The SMILES string of the molecule is CC(Oc1ccc(F)cc1)C(=O)NCCn1cnc(-c2ccccc2)cc1=O. The van der Waals surface area contributed by atoms with Gasteiger partial charge in [-0.2, -0.15) is 0 Å². The predicted octanol–water partition coefficient (Wildman–Crippen LogP) is 2.63. The third kappa shape index (κ3) is 5.03. The molecule has 0 saturated carbocycles. The number of ether oxygens (including phenoxy) is 1. The van der Waals surface area contributed by atoms with Crippen molar-refractivity contribution in [2.45, 2.75) is 19.6 Å². The molecule has 0 aliphatic rings. The minimum atomic E-state index is -0.749. The summed E-state index contributed by atoms with van der Waals surface area (Å²) in [6.45, 7) is 2.14. The fourth-order valence-corrected chi connectivity index (χ4v) is 2.57. The van der Waals surface area contributed by atoms with Crippen molar-refractivity contribution in [3.05, 3.63) is 83.2 Å². The lowest BCUT2D eigenvalue weighted by molar-refractivity contribution is -0.127. The Hall–Kier alpha value is -3.48. The van der Waals surface area contributed by atoms with Crippen LogP contribution in [0, 0.1) is 5.82 Å². The summed E-state index contributed by atoms with van der Waals surface area (Å²) < 4.78 is 19.8. The lowest BCUT2D eigenvalue weighted by Gasteiger charge is -2.15. The van der Waals surface area contributed by atoms with E-state index in [4.69, 9.17) is 4.74 Å². The van der Waals surface area contributed by atoms with Gasteiger partial charge in [-0.3, -0.25) is 14.2 Å². The zero-order valence-corrected chi connectivity index (χ0v) is 15.3. The molecule has 0 bridgehead atoms. The van der Waals surface area contributed by atoms with Crippen LogP contribution in [0.5, 0.6) is 5.75 Å². The Morgan fingerprint density at radius 3 is 2.57 bits per heavy atom. The molecule has 1 aromatic heterocycles. The molecule has 0 fully saturated rings. The molecule has 3 rings (SSSR count). The molecule has 1 N–H and O–H groups in total. The minimum absolute atomic E-state index is 0.196. The Labute approximate surface area is 161 Å². The highest BCUT2D eigenvalue weighted by Gasteiger charge is 2.14. The average Bonchev–Trinajstić information content (AvgIpc) is 2.71. The summed E-state index contributed by atoms with van der Waals surface area (Å²) in [6.07, 6.45) is 0.718. The zero-order chi connectivity index (χ0) is 19.9. The van der Waals surface area contributed by atoms with Crippen LogP contribution in [0.2, 0.25) is 0 Å². The van der Waals surface area contributed by atoms with Crippen molar-refractivity contribution in [3.63, 3.8) is 0 Å². The van der Waals surface area contributed by atoms with Gasteiger partial charge in [-0.1, -0.05) is 30.3 Å². The highest BCUT2D eigenvalue weighted by Crippen LogP contribution is 2.14. The topological polar surface area (TPSA) is 73.2 Å². The molecule has 0 radical (unpaired) electrons. The van der Waals surface area contributed by atoms with Crippen molar-refractivity contribution in [2.75, 3.05) is 6.54 Å². The van der Waals surface area contributed by atoms with E-state index in [-0.39, 0.29) is 30.4 Å². The molecule has 1 atom stereocenters. The number of hydrogen-bond acceptors (Lipinski definition) is 4. The quantitative estimate of drug-likeness (QED) is 0.683. The number of amides is 1. The Balaban J connectivity index is 1.52. The fourth-order valence-electron chi connectivity index (χ4n) is 2.57. The molecule has 1 amide bonds. The van der Waals surface area contributed by atoms with E-state index in [9.17, 15) is 14.0 Å². The Morgan fingerprint density at radius 2 is 1.89 bits per heavy atom. The molecule has 3 aromatic rings. The molecule has 7 heteroatoms. The first-order valence-corrected chi connectivity index (χ1v) is 8.85. The van der Waals surface area contributed by atoms with Crippen molar-refractivity contribution >= 4 is 5.91 Å². The van der Waals surface area contributed by atoms with Gasteiger partial charge in [-0.25, -0.2) is 9.37 Å². The number of carbonyl (C=O) groups excluding carboxylic acids is 1. The number of nitrogens with one attached hydrogen (secondary N) is 1. The molecule has 0 aliphatic heterocycles. The van der Waals surface area contributed by atoms with Crippen LogP contribution < -0.4 is 15.6 Å². The third-order valence-corrected chi connectivity index (χ3v) is 4.10. The molecule has 0 spiro atoms. The lowest BCUT2D eigenvalue weighted by Crippen LogP contribution is -2.38. The second-order valence-corrected chi connectivity index (χ2v) is 6.18. The van der Waals surface area contributed by atoms with Crippen LogP contribution in [0.4, 0.5) is 4.39 Å². The molecule has 28 heavy (non-hydrogen) atoms. The Morgan fingerprint density at radius 1 is 1.18 bits per heavy atom. The molecule has 6 nitrogen and oxygen atoms in total. The van der Waals surface area contributed by atoms with Crippen LogP contribution in [-0.2, 0) is 11.3 Å². The van der Waals surface area contributed by atoms with Crippen molar-refractivity contribution in [1.29, 1.82) is 0 Å². The van der Waals surface area contributed by atoms with E-state index in [0.29, 0.717) is 11.4 Å². The molecule has 2 aromatic carbocycles. The van der Waals surface area contributed by atoms with Gasteiger partial charge in [0.25, 0.3) is 11.5 Å². The highest BCUT2D eigenvalue weighted by molar-refractivity contribution is 5.80. The van der Waals surface area contributed by atoms with Gasteiger partial charge in [-0.15, -0.1) is 0 Å². The smallest absolute Gasteiger partial charge is 0.260 e. The van der Waals surface area contributed by atoms with Gasteiger partial charge in [0.1, 0.15) is 11.6 Å². The summed E-state index contributed by atoms with van der Waals surface area (Å²) >= 11 is 0. The fraction of sp³-hybridized carbons (Fsp3) is 0.190. The standard InChI is InChI=1S/C21H20FN3O3/c1-15(28-18-9-7-17(22)8-10-18)21(27)23-11-12-25-14-24-19(13-20(25)26)16-5-3-2-4-6-16/h2-10,13-15H,11-12H2,1H3,(H,23,27). The molecule has 1 heterocycles. The van der Waals surface area contributed by atoms with E-state index in [1.165, 1.54) is 41.2 Å². The van der Waals surface area contributed by atoms with Crippen LogP contribution in [0.1, 0.15) is 6.92 Å². The zero-order valence-electron chi connectivity index (χ0n) is 15.3. The van der Waals surface area contributed by atoms with Gasteiger partial charge in [-0.05, 0) is 31.2 Å². The van der Waals surface area contributed by atoms with Crippen LogP contribution in [0.3, 0.4) is 0 Å². The normalized spacial score (nSPS) is 11.6. The van der Waals surface area contributed by atoms with Gasteiger partial charge in [0.15, 0.2) is 6.10 Å². The first-order chi connectivity index (χ1) is 13.5. The van der Waals surface area contributed by atoms with Crippen LogP contribution in [0.25, 0.3) is 11.3 Å². The average molecular weight is 381 g/mol. The molecular weight excluding hydrogens is 361 g/mol. The molecule has 0 aliphatic carbocycles. The van der Waals surface area contributed by atoms with Crippen molar-refractivity contribution in [1.82, 2.24) is 14.9 Å². The molecule has 0 saturated heterocycles. The number of rotatable bonds is 7. The number of carbonyl (C=O) groups is 1. The maximum atomic E-state index is 12.9. The number of aromatic nitrogens is 2. The summed E-state index contributed by atoms with van der Waals surface area (Å²) in [6, 6.07) is 16.3. The summed E-state index contributed by atoms with van der Waals surface area (Å²) in [5, 5.41) is 2.71. The van der Waals surface area contributed by atoms with Gasteiger partial charge in [0.2, 0.25) is 0 Å². The van der Waals surface area contributed by atoms with Crippen LogP contribution >= 0.6 is 0 Å². The first kappa shape index (κ1) is 19.3. The number of halogens is 1. The van der Waals surface area contributed by atoms with E-state index < -0.39 is 6.10 Å². The lowest BCUT2D eigenvalue weighted by atomic mass is 10.1. The largest absolute Gasteiger partial charge is 0.481 e. The molecule has 1 unspecified atom stereocenters. The van der Waals surface area contributed by atoms with Gasteiger partial charge >= 0.3 is 0 Å². The van der Waals surface area contributed by atoms with E-state index >= 15 is 0 Å². The first-order valence-electron chi connectivity index (χ1n) is 8.85. The summed E-state index contributed by atoms with van der Waals surface area (Å²) in [5.74, 6) is -0.297. The maximum Gasteiger partial charge on any atom is 0.260 e. The summed E-state index contributed by atoms with van der Waals surface area (Å²) in [4.78, 5) is 28.7. The Kier molecular flexibility index (Phi) is 6.16. The minimum Gasteiger partial charge on any atom is -0.481 e. The second kappa shape index (κ2) is 8.94. The van der Waals surface area contributed by atoms with E-state index in [1.807, 2.05) is 30.3 Å². The number of benzene rings is 2. The summed E-state index contributed by atoms with van der Waals surface area (Å²) in [5.41, 5.74) is 1.28. The van der Waals surface area contributed by atoms with Gasteiger partial charge < -0.3 is 10.1 Å². The number of nitrogens with zero attached hydrogens (tertiary/aromatic N) is 2. The van der Waals surface area contributed by atoms with Crippen molar-refractivity contribution in [3.8, 4) is 17.0 Å². The van der Waals surface area contributed by atoms with Crippen molar-refractivity contribution < 1.29 is 13.9 Å². The highest BCUT2D eigenvalue weighted by atomic mass is 19.1. The van der Waals surface area contributed by atoms with Crippen LogP contribution in [-0.4, -0.2) is 28.1 Å². The van der Waals surface area contributed by atoms with Gasteiger partial charge in [0.05, 0.1) is 12.0 Å². The monoisotopic (exact) mass is 381 g/mol. The third-order valence-electron chi connectivity index (χ3n) is 4.10.